The molecule has 0 fully saturated rings. The van der Waals surface area contributed by atoms with Crippen molar-refractivity contribution in [3.63, 3.8) is 0 Å². The van der Waals surface area contributed by atoms with Gasteiger partial charge >= 0.3 is 0 Å². The maximum absolute atomic E-state index is 12.8. The molecule has 2 N–H and O–H groups in total. The molecule has 0 atom stereocenters. The fourth-order valence-electron chi connectivity index (χ4n) is 1.92. The van der Waals surface area contributed by atoms with Crippen LogP contribution in [0.4, 0.5) is 4.39 Å². The van der Waals surface area contributed by atoms with Crippen LogP contribution in [0.2, 0.25) is 0 Å². The third kappa shape index (κ3) is 6.20. The first-order valence-electron chi connectivity index (χ1n) is 7.78. The minimum absolute atomic E-state index is 0.254. The summed E-state index contributed by atoms with van der Waals surface area (Å²) in [4.78, 5) is 23.5. The van der Waals surface area contributed by atoms with Gasteiger partial charge in [-0.25, -0.2) is 9.82 Å². The van der Waals surface area contributed by atoms with Gasteiger partial charge in [0.15, 0.2) is 0 Å². The number of hydrazone groups is 1. The highest BCUT2D eigenvalue weighted by molar-refractivity contribution is 5.96. The number of halogens is 1. The highest BCUT2D eigenvalue weighted by atomic mass is 19.1. The minimum atomic E-state index is -0.490. The number of carbonyl (C=O) groups is 2. The lowest BCUT2D eigenvalue weighted by molar-refractivity contribution is -0.120. The molecule has 2 aromatic carbocycles. The third-order valence-corrected chi connectivity index (χ3v) is 3.14. The van der Waals surface area contributed by atoms with E-state index in [-0.39, 0.29) is 12.1 Å². The second kappa shape index (κ2) is 9.73. The largest absolute Gasteiger partial charge is 0.490 e. The zero-order valence-corrected chi connectivity index (χ0v) is 13.9. The summed E-state index contributed by atoms with van der Waals surface area (Å²) in [5, 5.41) is 6.25. The second-order valence-electron chi connectivity index (χ2n) is 5.15. The van der Waals surface area contributed by atoms with Crippen molar-refractivity contribution in [3.05, 3.63) is 78.1 Å². The Morgan fingerprint density at radius 3 is 2.69 bits per heavy atom. The molecule has 0 spiro atoms. The molecule has 7 heteroatoms. The number of benzene rings is 2. The molecule has 134 valence electrons. The summed E-state index contributed by atoms with van der Waals surface area (Å²) < 4.78 is 18.2. The average Bonchev–Trinajstić information content (AvgIpc) is 2.65. The maximum Gasteiger partial charge on any atom is 0.259 e. The van der Waals surface area contributed by atoms with Crippen molar-refractivity contribution in [1.82, 2.24) is 10.7 Å². The Balaban J connectivity index is 1.79. The van der Waals surface area contributed by atoms with Gasteiger partial charge in [-0.2, -0.15) is 5.10 Å². The number of hydrogen-bond acceptors (Lipinski definition) is 4. The molecule has 0 aromatic heterocycles. The first-order chi connectivity index (χ1) is 12.6. The molecule has 0 radical (unpaired) electrons. The minimum Gasteiger partial charge on any atom is -0.490 e. The molecule has 6 nitrogen and oxygen atoms in total. The second-order valence-corrected chi connectivity index (χ2v) is 5.15. The summed E-state index contributed by atoms with van der Waals surface area (Å²) in [6.45, 7) is 3.71. The van der Waals surface area contributed by atoms with E-state index >= 15 is 0 Å². The summed E-state index contributed by atoms with van der Waals surface area (Å²) in [6.07, 6.45) is 3.10. The molecule has 0 heterocycles. The van der Waals surface area contributed by atoms with Crippen molar-refractivity contribution >= 4 is 18.0 Å². The number of ether oxygens (including phenoxy) is 1. The highest BCUT2D eigenvalue weighted by Gasteiger charge is 2.07. The van der Waals surface area contributed by atoms with Crippen LogP contribution in [0.3, 0.4) is 0 Å². The van der Waals surface area contributed by atoms with E-state index in [0.717, 1.165) is 5.56 Å². The van der Waals surface area contributed by atoms with Gasteiger partial charge in [-0.1, -0.05) is 24.8 Å². The monoisotopic (exact) mass is 355 g/mol. The van der Waals surface area contributed by atoms with Crippen molar-refractivity contribution in [3.8, 4) is 5.75 Å². The van der Waals surface area contributed by atoms with E-state index in [1.165, 1.54) is 30.5 Å². The fourth-order valence-corrected chi connectivity index (χ4v) is 1.92. The van der Waals surface area contributed by atoms with Crippen LogP contribution in [0.1, 0.15) is 15.9 Å². The van der Waals surface area contributed by atoms with Gasteiger partial charge < -0.3 is 10.1 Å². The Morgan fingerprint density at radius 2 is 1.96 bits per heavy atom. The maximum atomic E-state index is 12.8. The van der Waals surface area contributed by atoms with Crippen LogP contribution in [-0.4, -0.2) is 31.2 Å². The molecule has 2 rings (SSSR count). The molecule has 0 aliphatic carbocycles. The van der Waals surface area contributed by atoms with Crippen molar-refractivity contribution in [2.75, 3.05) is 13.2 Å². The van der Waals surface area contributed by atoms with Gasteiger partial charge in [0.25, 0.3) is 11.8 Å². The molecular weight excluding hydrogens is 337 g/mol. The topological polar surface area (TPSA) is 79.8 Å². The van der Waals surface area contributed by atoms with Crippen LogP contribution < -0.4 is 15.5 Å². The summed E-state index contributed by atoms with van der Waals surface area (Å²) in [7, 11) is 0. The molecule has 26 heavy (non-hydrogen) atoms. The van der Waals surface area contributed by atoms with Crippen molar-refractivity contribution in [1.29, 1.82) is 0 Å². The predicted molar refractivity (Wildman–Crippen MR) is 96.6 cm³/mol. The lowest BCUT2D eigenvalue weighted by Gasteiger charge is -2.05. The lowest BCUT2D eigenvalue weighted by atomic mass is 10.2. The predicted octanol–water partition coefficient (Wildman–Crippen LogP) is 2.27. The Kier molecular flexibility index (Phi) is 7.05. The van der Waals surface area contributed by atoms with Gasteiger partial charge in [0, 0.05) is 5.56 Å². The van der Waals surface area contributed by atoms with Crippen molar-refractivity contribution in [2.45, 2.75) is 0 Å². The molecule has 0 saturated carbocycles. The van der Waals surface area contributed by atoms with Crippen LogP contribution in [0.15, 0.2) is 66.3 Å². The molecule has 2 aromatic rings. The van der Waals surface area contributed by atoms with E-state index in [9.17, 15) is 14.0 Å². The number of carbonyl (C=O) groups excluding carboxylic acids is 2. The van der Waals surface area contributed by atoms with E-state index in [0.29, 0.717) is 12.4 Å². The Hall–Kier alpha value is -3.48. The first kappa shape index (κ1) is 18.9. The summed E-state index contributed by atoms with van der Waals surface area (Å²) in [5.74, 6) is -0.744. The van der Waals surface area contributed by atoms with Gasteiger partial charge in [-0.3, -0.25) is 9.59 Å². The number of hydrogen-bond donors (Lipinski definition) is 2. The summed E-state index contributed by atoms with van der Waals surface area (Å²) >= 11 is 0. The van der Waals surface area contributed by atoms with Gasteiger partial charge in [0.05, 0.1) is 12.8 Å². The van der Waals surface area contributed by atoms with Crippen LogP contribution >= 0.6 is 0 Å². The van der Waals surface area contributed by atoms with Crippen molar-refractivity contribution in [2.24, 2.45) is 5.10 Å². The standard InChI is InChI=1S/C19H18FN3O3/c1-2-10-26-17-5-3-4-14(11-17)12-22-23-18(24)13-21-19(25)15-6-8-16(20)9-7-15/h2-9,11-12H,1,10,13H2,(H,21,25)(H,23,24)/b22-12-. The molecular formula is C19H18FN3O3. The Bertz CT molecular complexity index is 804. The molecule has 0 unspecified atom stereocenters. The number of amides is 2. The molecule has 0 aliphatic rings. The number of nitrogens with zero attached hydrogens (tertiary/aromatic N) is 1. The van der Waals surface area contributed by atoms with Crippen LogP contribution in [-0.2, 0) is 4.79 Å². The first-order valence-corrected chi connectivity index (χ1v) is 7.78. The summed E-state index contributed by atoms with van der Waals surface area (Å²) in [6, 6.07) is 12.2. The number of nitrogens with one attached hydrogen (secondary N) is 2. The smallest absolute Gasteiger partial charge is 0.259 e. The van der Waals surface area contributed by atoms with E-state index in [1.807, 2.05) is 0 Å². The zero-order chi connectivity index (χ0) is 18.8. The van der Waals surface area contributed by atoms with Gasteiger partial charge in [0.1, 0.15) is 18.2 Å². The quantitative estimate of drug-likeness (QED) is 0.433. The SMILES string of the molecule is C=CCOc1cccc(/C=N\NC(=O)CNC(=O)c2ccc(F)cc2)c1. The van der Waals surface area contributed by atoms with Crippen molar-refractivity contribution < 1.29 is 18.7 Å². The molecule has 2 amide bonds. The third-order valence-electron chi connectivity index (χ3n) is 3.14. The normalized spacial score (nSPS) is 10.3. The Labute approximate surface area is 150 Å². The molecule has 0 bridgehead atoms. The van der Waals surface area contributed by atoms with Gasteiger partial charge in [-0.05, 0) is 42.0 Å². The van der Waals surface area contributed by atoms with Gasteiger partial charge in [0.2, 0.25) is 0 Å². The average molecular weight is 355 g/mol. The lowest BCUT2D eigenvalue weighted by Crippen LogP contribution is -2.34. The van der Waals surface area contributed by atoms with E-state index < -0.39 is 17.6 Å². The van der Waals surface area contributed by atoms with Crippen LogP contribution in [0.5, 0.6) is 5.75 Å². The summed E-state index contributed by atoms with van der Waals surface area (Å²) in [5.41, 5.74) is 3.31. The van der Waals surface area contributed by atoms with Gasteiger partial charge in [-0.15, -0.1) is 0 Å². The Morgan fingerprint density at radius 1 is 1.19 bits per heavy atom. The van der Waals surface area contributed by atoms with E-state index in [2.05, 4.69) is 22.4 Å². The molecule has 0 aliphatic heterocycles. The molecule has 0 saturated heterocycles. The highest BCUT2D eigenvalue weighted by Crippen LogP contribution is 2.11. The number of rotatable bonds is 8. The zero-order valence-electron chi connectivity index (χ0n) is 13.9. The van der Waals surface area contributed by atoms with Crippen LogP contribution in [0, 0.1) is 5.82 Å². The van der Waals surface area contributed by atoms with Crippen LogP contribution in [0.25, 0.3) is 0 Å². The fraction of sp³-hybridized carbons (Fsp3) is 0.105. The van der Waals surface area contributed by atoms with E-state index in [4.69, 9.17) is 4.74 Å². The van der Waals surface area contributed by atoms with E-state index in [1.54, 1.807) is 30.3 Å².